The number of rotatable bonds is 6. The number of nitrogens with zero attached hydrogens (tertiary/aromatic N) is 1. The van der Waals surface area contributed by atoms with Crippen LogP contribution >= 0.6 is 0 Å². The fraction of sp³-hybridized carbons (Fsp3) is 0.562. The molecule has 5 heteroatoms. The maximum Gasteiger partial charge on any atom is 0.238 e. The number of amides is 1. The first-order valence-electron chi connectivity index (χ1n) is 7.26. The zero-order valence-corrected chi connectivity index (χ0v) is 13.2. The summed E-state index contributed by atoms with van der Waals surface area (Å²) in [6, 6.07) is 6.18. The van der Waals surface area contributed by atoms with Crippen LogP contribution in [-0.2, 0) is 9.53 Å². The summed E-state index contributed by atoms with van der Waals surface area (Å²) in [5, 5.41) is 3.29. The highest BCUT2D eigenvalue weighted by Crippen LogP contribution is 2.29. The molecule has 0 aromatic heterocycles. The van der Waals surface area contributed by atoms with E-state index in [1.54, 1.807) is 14.2 Å². The Morgan fingerprint density at radius 2 is 2.19 bits per heavy atom. The first kappa shape index (κ1) is 15.8. The Hall–Kier alpha value is -1.59. The normalized spacial score (nSPS) is 19.9. The molecule has 116 valence electrons. The average Bonchev–Trinajstić information content (AvgIpc) is 2.86. The molecule has 1 aliphatic rings. The van der Waals surface area contributed by atoms with E-state index in [2.05, 4.69) is 18.3 Å². The molecule has 2 rings (SSSR count). The van der Waals surface area contributed by atoms with Gasteiger partial charge in [-0.1, -0.05) is 6.07 Å². The molecule has 0 radical (unpaired) electrons. The van der Waals surface area contributed by atoms with Gasteiger partial charge in [0.2, 0.25) is 5.91 Å². The van der Waals surface area contributed by atoms with Crippen molar-refractivity contribution in [3.63, 3.8) is 0 Å². The summed E-state index contributed by atoms with van der Waals surface area (Å²) in [4.78, 5) is 14.1. The van der Waals surface area contributed by atoms with Gasteiger partial charge >= 0.3 is 0 Å². The van der Waals surface area contributed by atoms with Gasteiger partial charge in [-0.2, -0.15) is 0 Å². The molecule has 1 fully saturated rings. The molecular formula is C16H24N2O3. The van der Waals surface area contributed by atoms with Crippen LogP contribution in [0.2, 0.25) is 0 Å². The summed E-state index contributed by atoms with van der Waals surface area (Å²) in [6.07, 6.45) is 0.754. The molecule has 2 unspecified atom stereocenters. The monoisotopic (exact) mass is 292 g/mol. The Morgan fingerprint density at radius 3 is 2.81 bits per heavy atom. The summed E-state index contributed by atoms with van der Waals surface area (Å²) in [6.45, 7) is 5.11. The van der Waals surface area contributed by atoms with Crippen molar-refractivity contribution >= 4 is 5.91 Å². The predicted molar refractivity (Wildman–Crippen MR) is 81.3 cm³/mol. The van der Waals surface area contributed by atoms with Crippen molar-refractivity contribution in [2.24, 2.45) is 0 Å². The standard InChI is InChI=1S/C16H24N2O3/c1-11-9-13(5-6-14(11)21-4)16-17-10-15(19)18(16)12(2)7-8-20-3/h5-6,9,12,16-17H,7-8,10H2,1-4H3. The lowest BCUT2D eigenvalue weighted by Gasteiger charge is -2.31. The van der Waals surface area contributed by atoms with Gasteiger partial charge in [-0.25, -0.2) is 0 Å². The van der Waals surface area contributed by atoms with Gasteiger partial charge in [0, 0.05) is 19.8 Å². The number of ether oxygens (including phenoxy) is 2. The highest BCUT2D eigenvalue weighted by Gasteiger charge is 2.34. The quantitative estimate of drug-likeness (QED) is 0.869. The lowest BCUT2D eigenvalue weighted by atomic mass is 10.1. The zero-order chi connectivity index (χ0) is 15.4. The van der Waals surface area contributed by atoms with Gasteiger partial charge in [0.25, 0.3) is 0 Å². The maximum atomic E-state index is 12.2. The lowest BCUT2D eigenvalue weighted by molar-refractivity contribution is -0.130. The molecule has 5 nitrogen and oxygen atoms in total. The van der Waals surface area contributed by atoms with E-state index in [0.29, 0.717) is 13.2 Å². The van der Waals surface area contributed by atoms with Crippen LogP contribution in [0.5, 0.6) is 5.75 Å². The topological polar surface area (TPSA) is 50.8 Å². The van der Waals surface area contributed by atoms with Gasteiger partial charge < -0.3 is 14.4 Å². The zero-order valence-electron chi connectivity index (χ0n) is 13.2. The van der Waals surface area contributed by atoms with Crippen molar-refractivity contribution in [3.8, 4) is 5.75 Å². The smallest absolute Gasteiger partial charge is 0.238 e. The Morgan fingerprint density at radius 1 is 1.43 bits per heavy atom. The number of benzene rings is 1. The van der Waals surface area contributed by atoms with E-state index in [0.717, 1.165) is 23.3 Å². The molecule has 1 aromatic rings. The number of aryl methyl sites for hydroxylation is 1. The number of nitrogens with one attached hydrogen (secondary N) is 1. The molecule has 1 saturated heterocycles. The summed E-state index contributed by atoms with van der Waals surface area (Å²) in [7, 11) is 3.35. The lowest BCUT2D eigenvalue weighted by Crippen LogP contribution is -2.38. The molecule has 21 heavy (non-hydrogen) atoms. The van der Waals surface area contributed by atoms with Gasteiger partial charge in [-0.05, 0) is 43.5 Å². The summed E-state index contributed by atoms with van der Waals surface area (Å²) >= 11 is 0. The molecule has 2 atom stereocenters. The van der Waals surface area contributed by atoms with Crippen LogP contribution in [0.15, 0.2) is 18.2 Å². The van der Waals surface area contributed by atoms with E-state index in [1.165, 1.54) is 0 Å². The molecule has 0 saturated carbocycles. The van der Waals surface area contributed by atoms with Crippen molar-refractivity contribution in [1.29, 1.82) is 0 Å². The minimum atomic E-state index is -0.0750. The van der Waals surface area contributed by atoms with Crippen LogP contribution in [0.1, 0.15) is 30.6 Å². The fourth-order valence-electron chi connectivity index (χ4n) is 2.80. The predicted octanol–water partition coefficient (Wildman–Crippen LogP) is 1.86. The molecule has 1 heterocycles. The first-order chi connectivity index (χ1) is 10.1. The molecule has 1 N–H and O–H groups in total. The minimum absolute atomic E-state index is 0.0750. The second-order valence-corrected chi connectivity index (χ2v) is 5.44. The van der Waals surface area contributed by atoms with E-state index >= 15 is 0 Å². The maximum absolute atomic E-state index is 12.2. The molecule has 0 aliphatic carbocycles. The Balaban J connectivity index is 2.20. The summed E-state index contributed by atoms with van der Waals surface area (Å²) < 4.78 is 10.4. The van der Waals surface area contributed by atoms with Crippen molar-refractivity contribution in [2.45, 2.75) is 32.5 Å². The summed E-state index contributed by atoms with van der Waals surface area (Å²) in [5.41, 5.74) is 2.16. The van der Waals surface area contributed by atoms with E-state index in [1.807, 2.05) is 24.0 Å². The van der Waals surface area contributed by atoms with Gasteiger partial charge in [0.05, 0.1) is 13.7 Å². The number of hydrogen-bond acceptors (Lipinski definition) is 4. The molecule has 1 aliphatic heterocycles. The van der Waals surface area contributed by atoms with Gasteiger partial charge in [0.15, 0.2) is 0 Å². The van der Waals surface area contributed by atoms with Crippen molar-refractivity contribution in [2.75, 3.05) is 27.4 Å². The van der Waals surface area contributed by atoms with Gasteiger partial charge in [0.1, 0.15) is 11.9 Å². The number of methoxy groups -OCH3 is 2. The molecule has 0 spiro atoms. The third kappa shape index (κ3) is 3.36. The van der Waals surface area contributed by atoms with E-state index in [-0.39, 0.29) is 18.1 Å². The highest BCUT2D eigenvalue weighted by molar-refractivity contribution is 5.81. The van der Waals surface area contributed by atoms with Crippen LogP contribution in [0.4, 0.5) is 0 Å². The van der Waals surface area contributed by atoms with Crippen molar-refractivity contribution in [1.82, 2.24) is 10.2 Å². The van der Waals surface area contributed by atoms with Crippen molar-refractivity contribution < 1.29 is 14.3 Å². The van der Waals surface area contributed by atoms with Crippen LogP contribution in [0, 0.1) is 6.92 Å². The third-order valence-electron chi connectivity index (χ3n) is 3.96. The largest absolute Gasteiger partial charge is 0.496 e. The number of hydrogen-bond donors (Lipinski definition) is 1. The second kappa shape index (κ2) is 6.91. The molecule has 1 amide bonds. The van der Waals surface area contributed by atoms with E-state index < -0.39 is 0 Å². The van der Waals surface area contributed by atoms with Crippen LogP contribution in [0.25, 0.3) is 0 Å². The minimum Gasteiger partial charge on any atom is -0.496 e. The highest BCUT2D eigenvalue weighted by atomic mass is 16.5. The first-order valence-corrected chi connectivity index (χ1v) is 7.26. The van der Waals surface area contributed by atoms with Crippen LogP contribution < -0.4 is 10.1 Å². The average molecular weight is 292 g/mol. The third-order valence-corrected chi connectivity index (χ3v) is 3.96. The number of carbonyl (C=O) groups excluding carboxylic acids is 1. The van der Waals surface area contributed by atoms with Crippen LogP contribution in [0.3, 0.4) is 0 Å². The SMILES string of the molecule is COCCC(C)N1C(=O)CNC1c1ccc(OC)c(C)c1. The Labute approximate surface area is 126 Å². The Kier molecular flexibility index (Phi) is 5.20. The molecule has 0 bridgehead atoms. The summed E-state index contributed by atoms with van der Waals surface area (Å²) in [5.74, 6) is 0.999. The number of carbonyl (C=O) groups is 1. The molecular weight excluding hydrogens is 268 g/mol. The second-order valence-electron chi connectivity index (χ2n) is 5.44. The fourth-order valence-corrected chi connectivity index (χ4v) is 2.80. The van der Waals surface area contributed by atoms with Crippen LogP contribution in [-0.4, -0.2) is 44.2 Å². The van der Waals surface area contributed by atoms with E-state index in [4.69, 9.17) is 9.47 Å². The molecule has 1 aromatic carbocycles. The van der Waals surface area contributed by atoms with Crippen molar-refractivity contribution in [3.05, 3.63) is 29.3 Å². The van der Waals surface area contributed by atoms with E-state index in [9.17, 15) is 4.79 Å². The Bertz CT molecular complexity index is 504. The van der Waals surface area contributed by atoms with Gasteiger partial charge in [-0.3, -0.25) is 10.1 Å². The van der Waals surface area contributed by atoms with Gasteiger partial charge in [-0.15, -0.1) is 0 Å².